The number of fused-ring (bicyclic) bond motifs is 1. The molecule has 0 saturated carbocycles. The Hall–Kier alpha value is -3.75. The van der Waals surface area contributed by atoms with E-state index in [0.29, 0.717) is 17.1 Å². The summed E-state index contributed by atoms with van der Waals surface area (Å²) in [6.45, 7) is -0.756. The van der Waals surface area contributed by atoms with Crippen LogP contribution < -0.4 is 4.90 Å². The third-order valence-electron chi connectivity index (χ3n) is 5.32. The van der Waals surface area contributed by atoms with Gasteiger partial charge in [0.15, 0.2) is 5.78 Å². The number of alkyl halides is 2. The zero-order chi connectivity index (χ0) is 21.6. The number of carbonyl (C=O) groups excluding carboxylic acids is 1. The fourth-order valence-corrected chi connectivity index (χ4v) is 3.63. The van der Waals surface area contributed by atoms with Crippen molar-refractivity contribution < 1.29 is 13.6 Å². The molecule has 4 aromatic heterocycles. The van der Waals surface area contributed by atoms with Gasteiger partial charge in [-0.1, -0.05) is 0 Å². The topological polar surface area (TPSA) is 76.8 Å². The highest BCUT2D eigenvalue weighted by molar-refractivity contribution is 5.98. The number of pyridine rings is 3. The normalized spacial score (nSPS) is 15.1. The molecule has 0 bridgehead atoms. The van der Waals surface area contributed by atoms with Gasteiger partial charge in [-0.05, 0) is 29.7 Å². The van der Waals surface area contributed by atoms with Crippen LogP contribution in [-0.4, -0.2) is 49.3 Å². The summed E-state index contributed by atoms with van der Waals surface area (Å²) >= 11 is 0. The number of Topliss-reactive ketones (excluding diaryl/α,β-unsaturated/α-hetero) is 1. The van der Waals surface area contributed by atoms with Gasteiger partial charge in [0.05, 0.1) is 43.4 Å². The molecule has 0 N–H and O–H groups in total. The lowest BCUT2D eigenvalue weighted by molar-refractivity contribution is -0.0267. The summed E-state index contributed by atoms with van der Waals surface area (Å²) in [4.78, 5) is 31.3. The highest BCUT2D eigenvalue weighted by atomic mass is 19.3. The van der Waals surface area contributed by atoms with Crippen molar-refractivity contribution in [1.29, 1.82) is 0 Å². The van der Waals surface area contributed by atoms with Crippen molar-refractivity contribution >= 4 is 22.4 Å². The number of aromatic nitrogens is 5. The fraction of sp³-hybridized carbons (Fsp3) is 0.227. The van der Waals surface area contributed by atoms with Gasteiger partial charge >= 0.3 is 0 Å². The number of imidazole rings is 1. The van der Waals surface area contributed by atoms with Crippen molar-refractivity contribution in [3.63, 3.8) is 0 Å². The Morgan fingerprint density at radius 3 is 2.61 bits per heavy atom. The molecular formula is C22H18F2N6O. The van der Waals surface area contributed by atoms with Crippen molar-refractivity contribution in [3.8, 4) is 11.4 Å². The second-order valence-corrected chi connectivity index (χ2v) is 7.70. The third-order valence-corrected chi connectivity index (χ3v) is 5.32. The van der Waals surface area contributed by atoms with Crippen LogP contribution in [0.2, 0.25) is 0 Å². The van der Waals surface area contributed by atoms with Crippen molar-refractivity contribution in [3.05, 3.63) is 66.6 Å². The quantitative estimate of drug-likeness (QED) is 0.461. The van der Waals surface area contributed by atoms with Crippen molar-refractivity contribution in [2.24, 2.45) is 7.05 Å². The first-order chi connectivity index (χ1) is 14.9. The molecule has 1 fully saturated rings. The molecule has 0 atom stereocenters. The number of hydrogen-bond donors (Lipinski definition) is 0. The Bertz CT molecular complexity index is 1290. The lowest BCUT2D eigenvalue weighted by atomic mass is 10.0. The molecule has 0 unspecified atom stereocenters. The number of anilines is 1. The number of ketones is 1. The molecule has 4 aromatic rings. The van der Waals surface area contributed by atoms with Crippen molar-refractivity contribution in [2.45, 2.75) is 12.3 Å². The molecule has 0 spiro atoms. The summed E-state index contributed by atoms with van der Waals surface area (Å²) in [5, 5.41) is 1.79. The van der Waals surface area contributed by atoms with E-state index in [1.54, 1.807) is 37.1 Å². The van der Waals surface area contributed by atoms with Gasteiger partial charge in [-0.2, -0.15) is 0 Å². The van der Waals surface area contributed by atoms with E-state index in [9.17, 15) is 13.6 Å². The molecule has 156 valence electrons. The Morgan fingerprint density at radius 2 is 1.87 bits per heavy atom. The Balaban J connectivity index is 1.37. The predicted octanol–water partition coefficient (Wildman–Crippen LogP) is 3.31. The van der Waals surface area contributed by atoms with Gasteiger partial charge in [0.2, 0.25) is 0 Å². The molecule has 0 aromatic carbocycles. The molecule has 7 nitrogen and oxygen atoms in total. The average Bonchev–Trinajstić information content (AvgIpc) is 3.17. The largest absolute Gasteiger partial charge is 0.344 e. The molecule has 5 rings (SSSR count). The summed E-state index contributed by atoms with van der Waals surface area (Å²) < 4.78 is 28.2. The highest BCUT2D eigenvalue weighted by Crippen LogP contribution is 2.31. The molecule has 1 aliphatic rings. The number of aryl methyl sites for hydroxylation is 1. The monoisotopic (exact) mass is 420 g/mol. The highest BCUT2D eigenvalue weighted by Gasteiger charge is 2.44. The maximum absolute atomic E-state index is 13.1. The summed E-state index contributed by atoms with van der Waals surface area (Å²) in [6.07, 6.45) is 8.46. The van der Waals surface area contributed by atoms with Crippen LogP contribution in [0.1, 0.15) is 16.1 Å². The first-order valence-corrected chi connectivity index (χ1v) is 9.71. The fourth-order valence-electron chi connectivity index (χ4n) is 3.63. The van der Waals surface area contributed by atoms with Crippen LogP contribution in [0.25, 0.3) is 22.2 Å². The molecule has 0 aliphatic carbocycles. The van der Waals surface area contributed by atoms with E-state index in [1.165, 1.54) is 11.1 Å². The van der Waals surface area contributed by atoms with E-state index in [4.69, 9.17) is 0 Å². The predicted molar refractivity (Wildman–Crippen MR) is 111 cm³/mol. The minimum Gasteiger partial charge on any atom is -0.344 e. The molecule has 31 heavy (non-hydrogen) atoms. The molecule has 5 heterocycles. The van der Waals surface area contributed by atoms with E-state index >= 15 is 0 Å². The maximum Gasteiger partial charge on any atom is 0.282 e. The second kappa shape index (κ2) is 7.19. The van der Waals surface area contributed by atoms with Gasteiger partial charge in [0.1, 0.15) is 5.82 Å². The van der Waals surface area contributed by atoms with Crippen LogP contribution >= 0.6 is 0 Å². The molecular weight excluding hydrogens is 402 g/mol. The lowest BCUT2D eigenvalue weighted by Crippen LogP contribution is -2.56. The van der Waals surface area contributed by atoms with Crippen LogP contribution in [-0.2, 0) is 13.5 Å². The summed E-state index contributed by atoms with van der Waals surface area (Å²) in [5.74, 6) is -2.46. The number of hydrogen-bond acceptors (Lipinski definition) is 6. The Kier molecular flexibility index (Phi) is 4.46. The number of rotatable bonds is 5. The van der Waals surface area contributed by atoms with E-state index < -0.39 is 5.92 Å². The first kappa shape index (κ1) is 19.2. The molecule has 0 amide bonds. The minimum atomic E-state index is -2.69. The Labute approximate surface area is 176 Å². The van der Waals surface area contributed by atoms with Crippen LogP contribution in [0.15, 0.2) is 55.4 Å². The summed E-state index contributed by atoms with van der Waals surface area (Å²) in [7, 11) is 1.90. The van der Waals surface area contributed by atoms with Crippen LogP contribution in [0.5, 0.6) is 0 Å². The van der Waals surface area contributed by atoms with E-state index in [2.05, 4.69) is 19.9 Å². The smallest absolute Gasteiger partial charge is 0.282 e. The van der Waals surface area contributed by atoms with E-state index in [0.717, 1.165) is 22.2 Å². The molecule has 1 saturated heterocycles. The number of nitrogens with zero attached hydrogens (tertiary/aromatic N) is 6. The summed E-state index contributed by atoms with van der Waals surface area (Å²) in [5.41, 5.74) is 2.71. The van der Waals surface area contributed by atoms with Crippen molar-refractivity contribution in [1.82, 2.24) is 24.5 Å². The zero-order valence-corrected chi connectivity index (χ0v) is 16.7. The Morgan fingerprint density at radius 1 is 1.06 bits per heavy atom. The number of carbonyl (C=O) groups is 1. The van der Waals surface area contributed by atoms with Gasteiger partial charge < -0.3 is 9.47 Å². The van der Waals surface area contributed by atoms with Gasteiger partial charge in [0, 0.05) is 42.3 Å². The summed E-state index contributed by atoms with van der Waals surface area (Å²) in [6, 6.07) is 6.96. The molecule has 9 heteroatoms. The average molecular weight is 420 g/mol. The van der Waals surface area contributed by atoms with E-state index in [1.807, 2.05) is 23.7 Å². The second-order valence-electron chi connectivity index (χ2n) is 7.70. The first-order valence-electron chi connectivity index (χ1n) is 9.71. The van der Waals surface area contributed by atoms with Crippen LogP contribution in [0.4, 0.5) is 14.6 Å². The number of halogens is 2. The van der Waals surface area contributed by atoms with Crippen LogP contribution in [0, 0.1) is 0 Å². The zero-order valence-electron chi connectivity index (χ0n) is 16.7. The van der Waals surface area contributed by atoms with Gasteiger partial charge in [-0.15, -0.1) is 0 Å². The minimum absolute atomic E-state index is 0.0962. The maximum atomic E-state index is 13.1. The molecule has 1 aliphatic heterocycles. The third kappa shape index (κ3) is 3.74. The van der Waals surface area contributed by atoms with Gasteiger partial charge in [-0.3, -0.25) is 14.8 Å². The van der Waals surface area contributed by atoms with E-state index in [-0.39, 0.29) is 25.3 Å². The van der Waals surface area contributed by atoms with Gasteiger partial charge in [0.25, 0.3) is 5.92 Å². The van der Waals surface area contributed by atoms with Crippen LogP contribution in [0.3, 0.4) is 0 Å². The van der Waals surface area contributed by atoms with Gasteiger partial charge in [-0.25, -0.2) is 18.7 Å². The standard InChI is InChI=1S/C22H18F2N6O/c1-29-13-25-10-19(29)18-5-15-4-17(27-8-16(15)9-28-18)7-20(31)14-2-3-26-21(6-14)30-11-22(23,24)12-30/h2-6,8-10,13H,7,11-12H2,1H3. The SMILES string of the molecule is Cn1cncc1-c1cc2cc(CC(=O)c3ccnc(N4CC(F)(F)C4)c3)ncc2cn1. The lowest BCUT2D eigenvalue weighted by Gasteiger charge is -2.39. The van der Waals surface area contributed by atoms with Crippen molar-refractivity contribution in [2.75, 3.05) is 18.0 Å². The molecule has 0 radical (unpaired) electrons.